The Kier molecular flexibility index (Phi) is 6.03. The van der Waals surface area contributed by atoms with E-state index in [1.165, 1.54) is 11.3 Å². The number of aromatic nitrogens is 2. The number of thiophene rings is 1. The standard InChI is InChI=1S/C23H26N8O2S/c1-30-8-5-16(6-9-30)31(2)22-24-12-17-20(29-22)27-18-4-3-14(11-19(18)28-21(17)32)25-23(33)26-15-7-10-34-13-15/h3-4,7,10-13,16H,5-6,8-9H2,1-2H3,(H,28,32)(H,24,27,29)(H2,25,26,33). The maximum atomic E-state index is 12.9. The SMILES string of the molecule is CN1CCC(N(C)c2ncc3c(n2)Nc2ccc(NC(=O)Nc4ccsc4)cc2NC3=O)CC1. The summed E-state index contributed by atoms with van der Waals surface area (Å²) < 4.78 is 0. The average molecular weight is 479 g/mol. The summed E-state index contributed by atoms with van der Waals surface area (Å²) >= 11 is 1.50. The molecule has 3 aromatic rings. The van der Waals surface area contributed by atoms with Crippen molar-refractivity contribution in [3.05, 3.63) is 46.8 Å². The minimum absolute atomic E-state index is 0.311. The van der Waals surface area contributed by atoms with Crippen LogP contribution in [-0.4, -0.2) is 60.0 Å². The third-order valence-electron chi connectivity index (χ3n) is 6.13. The Morgan fingerprint density at radius 1 is 1.15 bits per heavy atom. The molecule has 1 fully saturated rings. The van der Waals surface area contributed by atoms with Gasteiger partial charge < -0.3 is 31.1 Å². The number of anilines is 6. The van der Waals surface area contributed by atoms with Crippen LogP contribution < -0.4 is 26.2 Å². The van der Waals surface area contributed by atoms with Crippen LogP contribution in [0, 0.1) is 0 Å². The van der Waals surface area contributed by atoms with Crippen molar-refractivity contribution in [3.63, 3.8) is 0 Å². The molecule has 3 amide bonds. The summed E-state index contributed by atoms with van der Waals surface area (Å²) in [4.78, 5) is 38.7. The fraction of sp³-hybridized carbons (Fsp3) is 0.304. The fourth-order valence-electron chi connectivity index (χ4n) is 4.13. The molecule has 5 rings (SSSR count). The van der Waals surface area contributed by atoms with E-state index in [9.17, 15) is 9.59 Å². The van der Waals surface area contributed by atoms with Crippen molar-refractivity contribution in [1.82, 2.24) is 14.9 Å². The maximum Gasteiger partial charge on any atom is 0.323 e. The van der Waals surface area contributed by atoms with Crippen LogP contribution in [0.1, 0.15) is 23.2 Å². The number of amides is 3. The largest absolute Gasteiger partial charge is 0.341 e. The normalized spacial score (nSPS) is 15.9. The highest BCUT2D eigenvalue weighted by Gasteiger charge is 2.26. The summed E-state index contributed by atoms with van der Waals surface area (Å²) in [6, 6.07) is 7.09. The minimum atomic E-state index is -0.359. The van der Waals surface area contributed by atoms with Crippen LogP contribution in [0.3, 0.4) is 0 Å². The lowest BCUT2D eigenvalue weighted by atomic mass is 10.0. The van der Waals surface area contributed by atoms with Gasteiger partial charge >= 0.3 is 6.03 Å². The van der Waals surface area contributed by atoms with Crippen LogP contribution in [-0.2, 0) is 0 Å². The van der Waals surface area contributed by atoms with E-state index < -0.39 is 0 Å². The van der Waals surface area contributed by atoms with E-state index in [0.29, 0.717) is 40.4 Å². The van der Waals surface area contributed by atoms with Crippen LogP contribution in [0.5, 0.6) is 0 Å². The molecular weight excluding hydrogens is 452 g/mol. The number of carbonyl (C=O) groups excluding carboxylic acids is 2. The van der Waals surface area contributed by atoms with Crippen molar-refractivity contribution in [2.24, 2.45) is 0 Å². The Hall–Kier alpha value is -3.70. The van der Waals surface area contributed by atoms with Crippen molar-refractivity contribution >= 4 is 57.8 Å². The Balaban J connectivity index is 1.33. The monoisotopic (exact) mass is 478 g/mol. The van der Waals surface area contributed by atoms with Crippen molar-refractivity contribution in [1.29, 1.82) is 0 Å². The van der Waals surface area contributed by atoms with Gasteiger partial charge in [-0.05, 0) is 62.6 Å². The number of urea groups is 1. The highest BCUT2D eigenvalue weighted by molar-refractivity contribution is 7.08. The molecule has 0 spiro atoms. The second kappa shape index (κ2) is 9.27. The second-order valence-electron chi connectivity index (χ2n) is 8.51. The number of rotatable bonds is 4. The highest BCUT2D eigenvalue weighted by Crippen LogP contribution is 2.34. The van der Waals surface area contributed by atoms with Crippen molar-refractivity contribution in [2.75, 3.05) is 53.4 Å². The topological polar surface area (TPSA) is 115 Å². The van der Waals surface area contributed by atoms with Gasteiger partial charge in [0, 0.05) is 30.4 Å². The number of fused-ring (bicyclic) bond motifs is 2. The second-order valence-corrected chi connectivity index (χ2v) is 9.29. The highest BCUT2D eigenvalue weighted by atomic mass is 32.1. The summed E-state index contributed by atoms with van der Waals surface area (Å²) in [6.07, 6.45) is 3.64. The van der Waals surface area contributed by atoms with Gasteiger partial charge in [0.15, 0.2) is 0 Å². The van der Waals surface area contributed by atoms with Gasteiger partial charge in [-0.2, -0.15) is 16.3 Å². The van der Waals surface area contributed by atoms with E-state index in [1.807, 2.05) is 23.9 Å². The van der Waals surface area contributed by atoms with Crippen LogP contribution in [0.15, 0.2) is 41.2 Å². The van der Waals surface area contributed by atoms with Gasteiger partial charge in [0.2, 0.25) is 5.95 Å². The van der Waals surface area contributed by atoms with E-state index in [2.05, 4.69) is 48.1 Å². The summed E-state index contributed by atoms with van der Waals surface area (Å²) in [7, 11) is 4.13. The molecule has 2 aliphatic heterocycles. The number of hydrogen-bond donors (Lipinski definition) is 4. The molecule has 2 aromatic heterocycles. The van der Waals surface area contributed by atoms with Gasteiger partial charge in [-0.25, -0.2) is 9.78 Å². The fourth-order valence-corrected chi connectivity index (χ4v) is 4.72. The third-order valence-corrected chi connectivity index (χ3v) is 6.81. The van der Waals surface area contributed by atoms with Crippen LogP contribution in [0.4, 0.5) is 39.3 Å². The Morgan fingerprint density at radius 3 is 2.71 bits per heavy atom. The number of nitrogens with one attached hydrogen (secondary N) is 4. The molecule has 1 aromatic carbocycles. The zero-order valence-corrected chi connectivity index (χ0v) is 19.8. The molecule has 0 radical (unpaired) electrons. The number of piperidine rings is 1. The lowest BCUT2D eigenvalue weighted by molar-refractivity contribution is 0.102. The number of benzene rings is 1. The van der Waals surface area contributed by atoms with Gasteiger partial charge in [0.1, 0.15) is 11.4 Å². The molecule has 4 N–H and O–H groups in total. The smallest absolute Gasteiger partial charge is 0.323 e. The number of likely N-dealkylation sites (tertiary alicyclic amines) is 1. The number of carbonyl (C=O) groups is 2. The van der Waals surface area contributed by atoms with E-state index in [4.69, 9.17) is 0 Å². The summed E-state index contributed by atoms with van der Waals surface area (Å²) in [5, 5.41) is 15.4. The number of hydrogen-bond acceptors (Lipinski definition) is 8. The van der Waals surface area contributed by atoms with Crippen molar-refractivity contribution in [3.8, 4) is 0 Å². The molecule has 34 heavy (non-hydrogen) atoms. The van der Waals surface area contributed by atoms with Crippen LogP contribution in [0.25, 0.3) is 0 Å². The van der Waals surface area contributed by atoms with Gasteiger partial charge in [-0.3, -0.25) is 4.79 Å². The molecule has 2 aliphatic rings. The lowest BCUT2D eigenvalue weighted by Gasteiger charge is -2.35. The first-order valence-electron chi connectivity index (χ1n) is 11.1. The van der Waals surface area contributed by atoms with E-state index in [0.717, 1.165) is 31.6 Å². The molecule has 10 nitrogen and oxygen atoms in total. The molecule has 4 heterocycles. The zero-order chi connectivity index (χ0) is 23.7. The summed E-state index contributed by atoms with van der Waals surface area (Å²) in [5.74, 6) is 0.729. The molecule has 1 saturated heterocycles. The first kappa shape index (κ1) is 22.1. The van der Waals surface area contributed by atoms with Crippen molar-refractivity contribution in [2.45, 2.75) is 18.9 Å². The Bertz CT molecular complexity index is 1210. The summed E-state index contributed by atoms with van der Waals surface area (Å²) in [6.45, 7) is 2.07. The molecule has 176 valence electrons. The van der Waals surface area contributed by atoms with E-state index in [1.54, 1.807) is 24.4 Å². The Labute approximate surface area is 201 Å². The summed E-state index contributed by atoms with van der Waals surface area (Å²) in [5.41, 5.74) is 2.86. The van der Waals surface area contributed by atoms with Gasteiger partial charge in [0.05, 0.1) is 17.1 Å². The predicted octanol–water partition coefficient (Wildman–Crippen LogP) is 4.02. The maximum absolute atomic E-state index is 12.9. The van der Waals surface area contributed by atoms with E-state index in [-0.39, 0.29) is 11.9 Å². The third kappa shape index (κ3) is 4.66. The Morgan fingerprint density at radius 2 is 1.94 bits per heavy atom. The first-order chi connectivity index (χ1) is 16.5. The molecule has 0 aliphatic carbocycles. The number of nitrogens with zero attached hydrogens (tertiary/aromatic N) is 4. The predicted molar refractivity (Wildman–Crippen MR) is 136 cm³/mol. The molecule has 0 atom stereocenters. The van der Waals surface area contributed by atoms with Gasteiger partial charge in [0.25, 0.3) is 5.91 Å². The molecular formula is C23H26N8O2S. The molecule has 0 bridgehead atoms. The van der Waals surface area contributed by atoms with Crippen LogP contribution in [0.2, 0.25) is 0 Å². The zero-order valence-electron chi connectivity index (χ0n) is 19.0. The molecule has 0 unspecified atom stereocenters. The van der Waals surface area contributed by atoms with Crippen molar-refractivity contribution < 1.29 is 9.59 Å². The first-order valence-corrected chi connectivity index (χ1v) is 12.0. The minimum Gasteiger partial charge on any atom is -0.341 e. The lowest BCUT2D eigenvalue weighted by Crippen LogP contribution is -2.42. The van der Waals surface area contributed by atoms with Gasteiger partial charge in [-0.15, -0.1) is 0 Å². The van der Waals surface area contributed by atoms with Gasteiger partial charge in [-0.1, -0.05) is 0 Å². The molecule has 0 saturated carbocycles. The quantitative estimate of drug-likeness (QED) is 0.448. The average Bonchev–Trinajstić information content (AvgIpc) is 3.28. The van der Waals surface area contributed by atoms with Crippen LogP contribution >= 0.6 is 11.3 Å². The molecule has 11 heteroatoms. The van der Waals surface area contributed by atoms with E-state index >= 15 is 0 Å².